The van der Waals surface area contributed by atoms with Gasteiger partial charge in [0.15, 0.2) is 11.5 Å². The standard InChI is InChI=1S/C23H26FN3O4/c1-27(23(28)16-12-20(29-2)22(31-4)21(13-16)30-3)10-6-9-18-14-19(26-25-18)15-7-5-8-17(24)11-15/h5,7-8,11-14H,6,9-10H2,1-4H3,(H,25,26). The lowest BCUT2D eigenvalue weighted by atomic mass is 10.1. The number of methoxy groups -OCH3 is 3. The van der Waals surface area contributed by atoms with Gasteiger partial charge in [0, 0.05) is 30.4 Å². The molecule has 0 aliphatic heterocycles. The molecule has 3 aromatic rings. The zero-order valence-electron chi connectivity index (χ0n) is 18.1. The Balaban J connectivity index is 1.61. The molecule has 0 aliphatic carbocycles. The van der Waals surface area contributed by atoms with E-state index in [1.54, 1.807) is 30.1 Å². The molecule has 1 amide bonds. The normalized spacial score (nSPS) is 10.6. The first kappa shape index (κ1) is 22.1. The van der Waals surface area contributed by atoms with Gasteiger partial charge in [0.05, 0.1) is 27.0 Å². The highest BCUT2D eigenvalue weighted by Gasteiger charge is 2.19. The number of amides is 1. The number of aromatic amines is 1. The SMILES string of the molecule is COc1cc(C(=O)N(C)CCCc2cc(-c3cccc(F)c3)n[nH]2)cc(OC)c1OC. The van der Waals surface area contributed by atoms with E-state index in [9.17, 15) is 9.18 Å². The lowest BCUT2D eigenvalue weighted by Gasteiger charge is -2.19. The molecule has 31 heavy (non-hydrogen) atoms. The van der Waals surface area contributed by atoms with Crippen LogP contribution in [0.1, 0.15) is 22.5 Å². The van der Waals surface area contributed by atoms with Gasteiger partial charge in [-0.25, -0.2) is 4.39 Å². The van der Waals surface area contributed by atoms with E-state index >= 15 is 0 Å². The number of nitrogens with zero attached hydrogens (tertiary/aromatic N) is 2. The maximum absolute atomic E-state index is 13.4. The molecule has 1 aromatic heterocycles. The summed E-state index contributed by atoms with van der Waals surface area (Å²) >= 11 is 0. The molecule has 7 nitrogen and oxygen atoms in total. The number of aryl methyl sites for hydroxylation is 1. The van der Waals surface area contributed by atoms with Crippen LogP contribution in [0.2, 0.25) is 0 Å². The average molecular weight is 427 g/mol. The van der Waals surface area contributed by atoms with E-state index in [0.717, 1.165) is 17.7 Å². The second-order valence-corrected chi connectivity index (χ2v) is 7.03. The van der Waals surface area contributed by atoms with Crippen molar-refractivity contribution in [2.24, 2.45) is 0 Å². The summed E-state index contributed by atoms with van der Waals surface area (Å²) < 4.78 is 29.4. The van der Waals surface area contributed by atoms with Crippen molar-refractivity contribution in [2.45, 2.75) is 12.8 Å². The van der Waals surface area contributed by atoms with Crippen molar-refractivity contribution in [3.8, 4) is 28.5 Å². The minimum Gasteiger partial charge on any atom is -0.493 e. The highest BCUT2D eigenvalue weighted by molar-refractivity contribution is 5.95. The molecule has 1 heterocycles. The molecule has 0 atom stereocenters. The Hall–Kier alpha value is -3.55. The van der Waals surface area contributed by atoms with Gasteiger partial charge < -0.3 is 19.1 Å². The number of ether oxygens (including phenoxy) is 3. The fourth-order valence-corrected chi connectivity index (χ4v) is 3.32. The molecule has 0 spiro atoms. The van der Waals surface area contributed by atoms with E-state index in [1.807, 2.05) is 12.1 Å². The van der Waals surface area contributed by atoms with Crippen molar-refractivity contribution in [1.29, 1.82) is 0 Å². The van der Waals surface area contributed by atoms with Crippen LogP contribution in [0.5, 0.6) is 17.2 Å². The molecule has 0 saturated carbocycles. The number of hydrogen-bond donors (Lipinski definition) is 1. The van der Waals surface area contributed by atoms with Crippen molar-refractivity contribution >= 4 is 5.91 Å². The molecule has 0 unspecified atom stereocenters. The number of H-pyrrole nitrogens is 1. The van der Waals surface area contributed by atoms with E-state index in [1.165, 1.54) is 33.5 Å². The first-order valence-electron chi connectivity index (χ1n) is 9.82. The summed E-state index contributed by atoms with van der Waals surface area (Å²) in [6.45, 7) is 0.545. The molecule has 2 aromatic carbocycles. The van der Waals surface area contributed by atoms with Crippen molar-refractivity contribution in [3.63, 3.8) is 0 Å². The lowest BCUT2D eigenvalue weighted by molar-refractivity contribution is 0.0792. The number of halogens is 1. The highest BCUT2D eigenvalue weighted by Crippen LogP contribution is 2.38. The van der Waals surface area contributed by atoms with Crippen molar-refractivity contribution in [2.75, 3.05) is 34.9 Å². The maximum Gasteiger partial charge on any atom is 0.253 e. The minimum absolute atomic E-state index is 0.149. The third-order valence-electron chi connectivity index (χ3n) is 4.95. The summed E-state index contributed by atoms with van der Waals surface area (Å²) in [5.41, 5.74) is 2.79. The molecule has 0 bridgehead atoms. The van der Waals surface area contributed by atoms with Gasteiger partial charge in [-0.05, 0) is 43.2 Å². The van der Waals surface area contributed by atoms with E-state index < -0.39 is 0 Å². The Morgan fingerprint density at radius 1 is 1.06 bits per heavy atom. The molecule has 1 N–H and O–H groups in total. The summed E-state index contributed by atoms with van der Waals surface area (Å²) in [4.78, 5) is 14.5. The monoisotopic (exact) mass is 427 g/mol. The van der Waals surface area contributed by atoms with E-state index in [-0.39, 0.29) is 11.7 Å². The molecular weight excluding hydrogens is 401 g/mol. The van der Waals surface area contributed by atoms with Crippen LogP contribution in [-0.2, 0) is 6.42 Å². The fraction of sp³-hybridized carbons (Fsp3) is 0.304. The van der Waals surface area contributed by atoms with Crippen LogP contribution in [0, 0.1) is 5.82 Å². The number of hydrogen-bond acceptors (Lipinski definition) is 5. The van der Waals surface area contributed by atoms with E-state index in [2.05, 4.69) is 10.2 Å². The molecule has 0 fully saturated rings. The van der Waals surface area contributed by atoms with Crippen LogP contribution in [0.15, 0.2) is 42.5 Å². The number of nitrogens with one attached hydrogen (secondary N) is 1. The van der Waals surface area contributed by atoms with Crippen molar-refractivity contribution in [1.82, 2.24) is 15.1 Å². The van der Waals surface area contributed by atoms with Gasteiger partial charge in [0.2, 0.25) is 5.75 Å². The summed E-state index contributed by atoms with van der Waals surface area (Å²) in [6.07, 6.45) is 1.44. The van der Waals surface area contributed by atoms with Crippen LogP contribution in [0.4, 0.5) is 4.39 Å². The largest absolute Gasteiger partial charge is 0.493 e. The van der Waals surface area contributed by atoms with Gasteiger partial charge in [-0.3, -0.25) is 9.89 Å². The van der Waals surface area contributed by atoms with E-state index in [0.29, 0.717) is 41.5 Å². The summed E-state index contributed by atoms with van der Waals surface area (Å²) in [5.74, 6) is 0.859. The Morgan fingerprint density at radius 2 is 1.77 bits per heavy atom. The first-order valence-corrected chi connectivity index (χ1v) is 9.82. The van der Waals surface area contributed by atoms with E-state index in [4.69, 9.17) is 14.2 Å². The fourth-order valence-electron chi connectivity index (χ4n) is 3.32. The quantitative estimate of drug-likeness (QED) is 0.560. The van der Waals surface area contributed by atoms with Crippen molar-refractivity contribution in [3.05, 3.63) is 59.5 Å². The number of carbonyl (C=O) groups excluding carboxylic acids is 1. The Bertz CT molecular complexity index is 1030. The Kier molecular flexibility index (Phi) is 7.12. The average Bonchev–Trinajstić information content (AvgIpc) is 3.26. The number of benzene rings is 2. The second kappa shape index (κ2) is 9.97. The number of rotatable bonds is 9. The topological polar surface area (TPSA) is 76.7 Å². The highest BCUT2D eigenvalue weighted by atomic mass is 19.1. The van der Waals surface area contributed by atoms with Crippen LogP contribution >= 0.6 is 0 Å². The van der Waals surface area contributed by atoms with Crippen LogP contribution in [-0.4, -0.2) is 55.9 Å². The van der Waals surface area contributed by atoms with Gasteiger partial charge in [0.25, 0.3) is 5.91 Å². The molecule has 0 saturated heterocycles. The maximum atomic E-state index is 13.4. The molecule has 8 heteroatoms. The van der Waals surface area contributed by atoms with Gasteiger partial charge >= 0.3 is 0 Å². The molecular formula is C23H26FN3O4. The Morgan fingerprint density at radius 3 is 2.39 bits per heavy atom. The first-order chi connectivity index (χ1) is 15.0. The van der Waals surface area contributed by atoms with Gasteiger partial charge in [-0.15, -0.1) is 0 Å². The van der Waals surface area contributed by atoms with Gasteiger partial charge in [-0.1, -0.05) is 12.1 Å². The molecule has 0 aliphatic rings. The summed E-state index contributed by atoms with van der Waals surface area (Å²) in [7, 11) is 6.29. The summed E-state index contributed by atoms with van der Waals surface area (Å²) in [5, 5.41) is 7.23. The van der Waals surface area contributed by atoms with Gasteiger partial charge in [0.1, 0.15) is 5.82 Å². The van der Waals surface area contributed by atoms with Crippen LogP contribution in [0.25, 0.3) is 11.3 Å². The lowest BCUT2D eigenvalue weighted by Crippen LogP contribution is -2.28. The van der Waals surface area contributed by atoms with Crippen LogP contribution < -0.4 is 14.2 Å². The molecule has 0 radical (unpaired) electrons. The Labute approximate surface area is 180 Å². The zero-order valence-corrected chi connectivity index (χ0v) is 18.1. The molecule has 164 valence electrons. The predicted molar refractivity (Wildman–Crippen MR) is 115 cm³/mol. The zero-order chi connectivity index (χ0) is 22.4. The second-order valence-electron chi connectivity index (χ2n) is 7.03. The minimum atomic E-state index is -0.297. The number of carbonyl (C=O) groups is 1. The third-order valence-corrected chi connectivity index (χ3v) is 4.95. The number of aromatic nitrogens is 2. The summed E-state index contributed by atoms with van der Waals surface area (Å²) in [6, 6.07) is 11.5. The third kappa shape index (κ3) is 5.14. The van der Waals surface area contributed by atoms with Crippen molar-refractivity contribution < 1.29 is 23.4 Å². The van der Waals surface area contributed by atoms with Gasteiger partial charge in [-0.2, -0.15) is 5.10 Å². The smallest absolute Gasteiger partial charge is 0.253 e. The molecule has 3 rings (SSSR count). The van der Waals surface area contributed by atoms with Crippen LogP contribution in [0.3, 0.4) is 0 Å². The predicted octanol–water partition coefficient (Wildman–Crippen LogP) is 3.95.